The van der Waals surface area contributed by atoms with Crippen LogP contribution >= 0.6 is 0 Å². The smallest absolute Gasteiger partial charge is 0.336 e. The van der Waals surface area contributed by atoms with E-state index in [1.54, 1.807) is 0 Å². The van der Waals surface area contributed by atoms with Crippen molar-refractivity contribution >= 4 is 5.97 Å². The first kappa shape index (κ1) is 23.6. The number of hydrogen-bond donors (Lipinski definition) is 3. The summed E-state index contributed by atoms with van der Waals surface area (Å²) in [6.45, 7) is 8.73. The Kier molecular flexibility index (Phi) is 5.86. The average Bonchev–Trinajstić information content (AvgIpc) is 3.11. The summed E-state index contributed by atoms with van der Waals surface area (Å²) in [5.41, 5.74) is 2.72. The van der Waals surface area contributed by atoms with E-state index in [4.69, 9.17) is 4.74 Å². The Labute approximate surface area is 198 Å². The van der Waals surface area contributed by atoms with Crippen LogP contribution in [0.15, 0.2) is 22.8 Å². The fourth-order valence-electron chi connectivity index (χ4n) is 9.21. The van der Waals surface area contributed by atoms with Gasteiger partial charge in [-0.05, 0) is 80.5 Å². The van der Waals surface area contributed by atoms with Crippen LogP contribution in [0.3, 0.4) is 0 Å². The summed E-state index contributed by atoms with van der Waals surface area (Å²) in [6, 6.07) is 0. The highest BCUT2D eigenvalue weighted by Gasteiger charge is 2.61. The summed E-state index contributed by atoms with van der Waals surface area (Å²) in [5, 5.41) is 30.9. The van der Waals surface area contributed by atoms with Gasteiger partial charge in [-0.15, -0.1) is 0 Å². The zero-order chi connectivity index (χ0) is 23.7. The van der Waals surface area contributed by atoms with E-state index in [0.717, 1.165) is 31.3 Å². The van der Waals surface area contributed by atoms with E-state index in [1.165, 1.54) is 18.4 Å². The Morgan fingerprint density at radius 2 is 1.91 bits per heavy atom. The van der Waals surface area contributed by atoms with Crippen molar-refractivity contribution in [2.75, 3.05) is 6.61 Å². The molecule has 0 unspecified atom stereocenters. The van der Waals surface area contributed by atoms with Crippen molar-refractivity contribution in [1.29, 1.82) is 0 Å². The first-order valence-corrected chi connectivity index (χ1v) is 13.2. The number of esters is 1. The lowest BCUT2D eigenvalue weighted by atomic mass is 9.46. The third-order valence-electron chi connectivity index (χ3n) is 11.2. The predicted molar refractivity (Wildman–Crippen MR) is 126 cm³/mol. The van der Waals surface area contributed by atoms with Crippen molar-refractivity contribution in [3.8, 4) is 0 Å². The minimum atomic E-state index is -0.460. The molecule has 3 saturated carbocycles. The van der Waals surface area contributed by atoms with Gasteiger partial charge in [0.25, 0.3) is 0 Å². The summed E-state index contributed by atoms with van der Waals surface area (Å²) in [4.78, 5) is 12.5. The number of rotatable bonds is 3. The highest BCUT2D eigenvalue weighted by molar-refractivity contribution is 5.90. The molecule has 3 N–H and O–H groups in total. The molecule has 3 fully saturated rings. The molecule has 5 nitrogen and oxygen atoms in total. The van der Waals surface area contributed by atoms with Gasteiger partial charge in [0, 0.05) is 18.3 Å². The molecule has 0 radical (unpaired) electrons. The molecule has 0 aromatic heterocycles. The molecule has 0 bridgehead atoms. The molecule has 0 aromatic rings. The van der Waals surface area contributed by atoms with E-state index < -0.39 is 12.2 Å². The van der Waals surface area contributed by atoms with Gasteiger partial charge in [-0.2, -0.15) is 0 Å². The van der Waals surface area contributed by atoms with Crippen LogP contribution < -0.4 is 0 Å². The third-order valence-corrected chi connectivity index (χ3v) is 11.2. The molecule has 0 saturated heterocycles. The lowest BCUT2D eigenvalue weighted by Crippen LogP contribution is -2.56. The molecular weight excluding hydrogens is 416 g/mol. The second kappa shape index (κ2) is 8.20. The van der Waals surface area contributed by atoms with Crippen LogP contribution in [0.1, 0.15) is 79.1 Å². The van der Waals surface area contributed by atoms with Crippen LogP contribution in [0.4, 0.5) is 0 Å². The van der Waals surface area contributed by atoms with E-state index in [2.05, 4.69) is 26.8 Å². The quantitative estimate of drug-likeness (QED) is 0.437. The maximum absolute atomic E-state index is 12.5. The summed E-state index contributed by atoms with van der Waals surface area (Å²) in [7, 11) is 0. The van der Waals surface area contributed by atoms with Gasteiger partial charge in [-0.3, -0.25) is 0 Å². The molecule has 1 aliphatic heterocycles. The highest BCUT2D eigenvalue weighted by Crippen LogP contribution is 2.67. The van der Waals surface area contributed by atoms with Gasteiger partial charge in [0.15, 0.2) is 0 Å². The number of carbonyl (C=O) groups excluding carboxylic acids is 1. The number of cyclic esters (lactones) is 1. The molecule has 33 heavy (non-hydrogen) atoms. The summed E-state index contributed by atoms with van der Waals surface area (Å²) >= 11 is 0. The molecule has 0 aromatic carbocycles. The highest BCUT2D eigenvalue weighted by atomic mass is 16.5. The van der Waals surface area contributed by atoms with E-state index in [0.29, 0.717) is 42.1 Å². The van der Waals surface area contributed by atoms with Gasteiger partial charge < -0.3 is 20.1 Å². The van der Waals surface area contributed by atoms with Crippen LogP contribution in [-0.2, 0) is 9.53 Å². The molecule has 0 spiro atoms. The molecule has 10 atom stereocenters. The predicted octanol–water partition coefficient (Wildman–Crippen LogP) is 4.16. The van der Waals surface area contributed by atoms with E-state index in [1.807, 2.05) is 6.92 Å². The molecular formula is C28H42O5. The molecule has 1 heterocycles. The topological polar surface area (TPSA) is 87.0 Å². The van der Waals surface area contributed by atoms with Crippen molar-refractivity contribution in [2.24, 2.45) is 40.4 Å². The summed E-state index contributed by atoms with van der Waals surface area (Å²) in [5.74, 6) is 2.15. The summed E-state index contributed by atoms with van der Waals surface area (Å²) in [6.07, 6.45) is 9.05. The van der Waals surface area contributed by atoms with Crippen molar-refractivity contribution in [1.82, 2.24) is 0 Å². The second-order valence-corrected chi connectivity index (χ2v) is 12.4. The fourth-order valence-corrected chi connectivity index (χ4v) is 9.21. The maximum Gasteiger partial charge on any atom is 0.336 e. The Hall–Kier alpha value is -1.17. The molecule has 184 valence electrons. The number of aliphatic hydroxyl groups is 3. The Bertz CT molecular complexity index is 876. The van der Waals surface area contributed by atoms with Gasteiger partial charge in [-0.25, -0.2) is 4.79 Å². The van der Waals surface area contributed by atoms with E-state index in [-0.39, 0.29) is 35.4 Å². The van der Waals surface area contributed by atoms with Crippen molar-refractivity contribution in [3.63, 3.8) is 0 Å². The van der Waals surface area contributed by atoms with Crippen LogP contribution in [0.25, 0.3) is 0 Å². The van der Waals surface area contributed by atoms with E-state index >= 15 is 0 Å². The summed E-state index contributed by atoms with van der Waals surface area (Å²) < 4.78 is 5.85. The first-order chi connectivity index (χ1) is 15.6. The SMILES string of the molecule is CC1=C(CO)C(=O)O[C@@H]([C@H](C)[C@H]2CC[C@H]3[C@@H]4CC=C5C[C@@H](O)C[C@H](O)[C@]5(C)[C@H]4CC[C@]23C)C1. The van der Waals surface area contributed by atoms with Gasteiger partial charge in [-0.1, -0.05) is 38.0 Å². The number of aliphatic hydroxyl groups excluding tert-OH is 3. The monoisotopic (exact) mass is 458 g/mol. The Morgan fingerprint density at radius 3 is 2.61 bits per heavy atom. The van der Waals surface area contributed by atoms with Gasteiger partial charge in [0.05, 0.1) is 24.4 Å². The second-order valence-electron chi connectivity index (χ2n) is 12.4. The first-order valence-electron chi connectivity index (χ1n) is 13.2. The molecule has 0 amide bonds. The Morgan fingerprint density at radius 1 is 1.15 bits per heavy atom. The van der Waals surface area contributed by atoms with Crippen LogP contribution in [0.2, 0.25) is 0 Å². The lowest BCUT2D eigenvalue weighted by Gasteiger charge is -2.59. The Balaban J connectivity index is 1.38. The van der Waals surface area contributed by atoms with Gasteiger partial charge >= 0.3 is 5.97 Å². The minimum absolute atomic E-state index is 0.108. The average molecular weight is 459 g/mol. The van der Waals surface area contributed by atoms with Gasteiger partial charge in [0.2, 0.25) is 0 Å². The molecule has 5 aliphatic rings. The van der Waals surface area contributed by atoms with Crippen molar-refractivity contribution < 1.29 is 24.9 Å². The number of fused-ring (bicyclic) bond motifs is 5. The third kappa shape index (κ3) is 3.40. The van der Waals surface area contributed by atoms with Crippen LogP contribution in [0.5, 0.6) is 0 Å². The lowest BCUT2D eigenvalue weighted by molar-refractivity contribution is -0.152. The van der Waals surface area contributed by atoms with Crippen LogP contribution in [0, 0.1) is 40.4 Å². The van der Waals surface area contributed by atoms with E-state index in [9.17, 15) is 20.1 Å². The van der Waals surface area contributed by atoms with Crippen molar-refractivity contribution in [2.45, 2.75) is 97.4 Å². The zero-order valence-electron chi connectivity index (χ0n) is 20.7. The number of carbonyl (C=O) groups is 1. The minimum Gasteiger partial charge on any atom is -0.458 e. The zero-order valence-corrected chi connectivity index (χ0v) is 20.7. The standard InChI is InChI=1S/C28H42O5/c1-15-11-24(33-26(32)20(15)14-29)16(2)21-7-8-22-19-6-5-17-12-18(30)13-25(31)28(17,4)23(19)9-10-27(21,22)3/h5,16,18-19,21-25,29-31H,6-14H2,1-4H3/t16-,18-,19+,21-,22+,23+,24-,25+,27-,28+/m1/s1. The fraction of sp³-hybridized carbons (Fsp3) is 0.821. The number of allylic oxidation sites excluding steroid dienone is 1. The molecule has 5 heteroatoms. The normalized spacial score (nSPS) is 48.4. The molecule has 5 rings (SSSR count). The number of ether oxygens (including phenoxy) is 1. The van der Waals surface area contributed by atoms with Crippen LogP contribution in [-0.4, -0.2) is 46.2 Å². The number of hydrogen-bond acceptors (Lipinski definition) is 5. The molecule has 4 aliphatic carbocycles. The largest absolute Gasteiger partial charge is 0.458 e. The van der Waals surface area contributed by atoms with Crippen molar-refractivity contribution in [3.05, 3.63) is 22.8 Å². The maximum atomic E-state index is 12.5. The van der Waals surface area contributed by atoms with Gasteiger partial charge in [0.1, 0.15) is 6.10 Å².